The van der Waals surface area contributed by atoms with Crippen molar-refractivity contribution in [3.8, 4) is 0 Å². The number of carbonyl (C=O) groups is 3. The van der Waals surface area contributed by atoms with Gasteiger partial charge < -0.3 is 26.2 Å². The molecular formula is C34H43N3O5. The minimum Gasteiger partial charge on any atom is -0.390 e. The van der Waals surface area contributed by atoms with Crippen molar-refractivity contribution in [3.63, 3.8) is 0 Å². The summed E-state index contributed by atoms with van der Waals surface area (Å²) in [6, 6.07) is 22.7. The number of amides is 3. The molecule has 0 bridgehead atoms. The van der Waals surface area contributed by atoms with Gasteiger partial charge in [0.2, 0.25) is 5.91 Å². The van der Waals surface area contributed by atoms with Crippen LogP contribution in [-0.4, -0.2) is 64.2 Å². The average Bonchev–Trinajstić information content (AvgIpc) is 3.00. The maximum absolute atomic E-state index is 13.6. The minimum absolute atomic E-state index is 0.0417. The second-order valence-electron chi connectivity index (χ2n) is 10.7. The highest BCUT2D eigenvalue weighted by molar-refractivity contribution is 6.04. The van der Waals surface area contributed by atoms with E-state index in [2.05, 4.69) is 5.32 Å². The third-order valence-corrected chi connectivity index (χ3v) is 7.23. The van der Waals surface area contributed by atoms with Crippen LogP contribution in [-0.2, 0) is 12.8 Å². The first-order valence-electron chi connectivity index (χ1n) is 14.7. The molecule has 0 unspecified atom stereocenters. The van der Waals surface area contributed by atoms with Crippen LogP contribution in [0.2, 0.25) is 0 Å². The molecular weight excluding hydrogens is 530 g/mol. The second kappa shape index (κ2) is 16.4. The van der Waals surface area contributed by atoms with Crippen molar-refractivity contribution in [2.75, 3.05) is 13.1 Å². The van der Waals surface area contributed by atoms with Crippen molar-refractivity contribution in [1.82, 2.24) is 10.2 Å². The Hall–Kier alpha value is -4.01. The molecule has 0 fully saturated rings. The number of carbonyl (C=O) groups excluding carboxylic acids is 3. The molecule has 0 aliphatic carbocycles. The van der Waals surface area contributed by atoms with Gasteiger partial charge in [0.1, 0.15) is 6.10 Å². The fourth-order valence-electron chi connectivity index (χ4n) is 5.04. The Labute approximate surface area is 248 Å². The molecule has 3 amide bonds. The van der Waals surface area contributed by atoms with Gasteiger partial charge in [-0.15, -0.1) is 0 Å². The fourth-order valence-corrected chi connectivity index (χ4v) is 5.04. The third-order valence-electron chi connectivity index (χ3n) is 7.23. The first-order valence-corrected chi connectivity index (χ1v) is 14.7. The zero-order valence-electron chi connectivity index (χ0n) is 24.5. The molecule has 3 atom stereocenters. The van der Waals surface area contributed by atoms with Crippen molar-refractivity contribution in [2.45, 2.75) is 70.6 Å². The number of primary amides is 1. The predicted octanol–water partition coefficient (Wildman–Crippen LogP) is 4.13. The summed E-state index contributed by atoms with van der Waals surface area (Å²) >= 11 is 0. The molecule has 0 spiro atoms. The van der Waals surface area contributed by atoms with Crippen LogP contribution in [0.5, 0.6) is 0 Å². The van der Waals surface area contributed by atoms with Gasteiger partial charge in [0.15, 0.2) is 0 Å². The molecule has 8 nitrogen and oxygen atoms in total. The number of nitrogens with one attached hydrogen (secondary N) is 1. The van der Waals surface area contributed by atoms with E-state index in [1.54, 1.807) is 4.90 Å². The summed E-state index contributed by atoms with van der Waals surface area (Å²) in [4.78, 5) is 40.7. The number of nitrogens with two attached hydrogens (primary N) is 1. The molecule has 3 aromatic carbocycles. The molecule has 3 aromatic rings. The van der Waals surface area contributed by atoms with Crippen LogP contribution in [0.4, 0.5) is 0 Å². The van der Waals surface area contributed by atoms with Gasteiger partial charge in [-0.2, -0.15) is 0 Å². The zero-order valence-corrected chi connectivity index (χ0v) is 24.5. The van der Waals surface area contributed by atoms with E-state index in [9.17, 15) is 24.6 Å². The zero-order chi connectivity index (χ0) is 30.5. The molecule has 0 heterocycles. The van der Waals surface area contributed by atoms with Crippen LogP contribution in [0.15, 0.2) is 78.9 Å². The highest BCUT2D eigenvalue weighted by atomic mass is 16.3. The summed E-state index contributed by atoms with van der Waals surface area (Å²) in [6.07, 6.45) is 1.23. The van der Waals surface area contributed by atoms with Crippen LogP contribution in [0.3, 0.4) is 0 Å². The van der Waals surface area contributed by atoms with E-state index < -0.39 is 30.1 Å². The van der Waals surface area contributed by atoms with Gasteiger partial charge in [0.25, 0.3) is 11.8 Å². The number of aliphatic hydroxyl groups excluding tert-OH is 2. The molecule has 3 rings (SSSR count). The fraction of sp³-hybridized carbons (Fsp3) is 0.382. The minimum atomic E-state index is -1.25. The summed E-state index contributed by atoms with van der Waals surface area (Å²) < 4.78 is 0. The maximum Gasteiger partial charge on any atom is 0.253 e. The molecule has 0 saturated heterocycles. The topological polar surface area (TPSA) is 133 Å². The largest absolute Gasteiger partial charge is 0.390 e. The van der Waals surface area contributed by atoms with Crippen molar-refractivity contribution in [2.24, 2.45) is 5.73 Å². The number of aliphatic hydroxyl groups is 2. The van der Waals surface area contributed by atoms with Crippen molar-refractivity contribution in [3.05, 3.63) is 107 Å². The van der Waals surface area contributed by atoms with Gasteiger partial charge in [0, 0.05) is 29.8 Å². The van der Waals surface area contributed by atoms with E-state index in [0.717, 1.165) is 30.4 Å². The molecule has 0 saturated carbocycles. The first kappa shape index (κ1) is 32.5. The lowest BCUT2D eigenvalue weighted by atomic mass is 9.94. The summed E-state index contributed by atoms with van der Waals surface area (Å²) in [5, 5.41) is 25.0. The normalized spacial score (nSPS) is 13.1. The van der Waals surface area contributed by atoms with E-state index >= 15 is 0 Å². The number of nitrogens with zero attached hydrogens (tertiary/aromatic N) is 1. The Bertz CT molecular complexity index is 1290. The van der Waals surface area contributed by atoms with Gasteiger partial charge in [0.05, 0.1) is 12.1 Å². The lowest BCUT2D eigenvalue weighted by Crippen LogP contribution is -2.50. The number of benzene rings is 3. The highest BCUT2D eigenvalue weighted by Crippen LogP contribution is 2.17. The Morgan fingerprint density at radius 3 is 1.93 bits per heavy atom. The molecule has 0 aromatic heterocycles. The average molecular weight is 574 g/mol. The van der Waals surface area contributed by atoms with Gasteiger partial charge >= 0.3 is 0 Å². The molecule has 8 heteroatoms. The molecule has 0 aliphatic rings. The Morgan fingerprint density at radius 2 is 1.36 bits per heavy atom. The van der Waals surface area contributed by atoms with Gasteiger partial charge in [-0.25, -0.2) is 0 Å². The van der Waals surface area contributed by atoms with E-state index in [0.29, 0.717) is 25.9 Å². The quantitative estimate of drug-likeness (QED) is 0.205. The van der Waals surface area contributed by atoms with E-state index in [1.165, 1.54) is 18.2 Å². The Kier molecular flexibility index (Phi) is 12.7. The number of aryl methyl sites for hydroxylation is 1. The van der Waals surface area contributed by atoms with Gasteiger partial charge in [-0.05, 0) is 67.9 Å². The van der Waals surface area contributed by atoms with Crippen LogP contribution < -0.4 is 11.1 Å². The predicted molar refractivity (Wildman–Crippen MR) is 164 cm³/mol. The monoisotopic (exact) mass is 573 g/mol. The lowest BCUT2D eigenvalue weighted by Gasteiger charge is -2.28. The maximum atomic E-state index is 13.6. The van der Waals surface area contributed by atoms with Gasteiger partial charge in [-0.3, -0.25) is 14.4 Å². The lowest BCUT2D eigenvalue weighted by molar-refractivity contribution is -0.00801. The van der Waals surface area contributed by atoms with E-state index in [-0.39, 0.29) is 29.0 Å². The molecule has 0 aliphatic heterocycles. The Balaban J connectivity index is 1.83. The third kappa shape index (κ3) is 9.53. The number of hydrogen-bond donors (Lipinski definition) is 4. The van der Waals surface area contributed by atoms with E-state index in [4.69, 9.17) is 5.73 Å². The van der Waals surface area contributed by atoms with E-state index in [1.807, 2.05) is 74.5 Å². The number of rotatable bonds is 16. The van der Waals surface area contributed by atoms with Gasteiger partial charge in [-0.1, -0.05) is 74.5 Å². The second-order valence-corrected chi connectivity index (χ2v) is 10.7. The van der Waals surface area contributed by atoms with Crippen molar-refractivity contribution in [1.29, 1.82) is 0 Å². The molecule has 42 heavy (non-hydrogen) atoms. The smallest absolute Gasteiger partial charge is 0.253 e. The number of hydrogen-bond acceptors (Lipinski definition) is 5. The standard InChI is InChI=1S/C34H43N3O5/c1-3-18-37(19-4-2)34(42)28-22-26(32(35)40)21-27(23-28)33(41)36-29(20-25-14-9-6-10-15-25)31(39)30(38)17-11-16-24-12-7-5-8-13-24/h5-10,12-15,21-23,29-31,38-39H,3-4,11,16-20H2,1-2H3,(H2,35,40)(H,36,41)/t29-,30+,31+/m0/s1. The molecule has 5 N–H and O–H groups in total. The molecule has 0 radical (unpaired) electrons. The van der Waals surface area contributed by atoms with Crippen LogP contribution in [0, 0.1) is 0 Å². The molecule has 224 valence electrons. The first-order chi connectivity index (χ1) is 20.2. The van der Waals surface area contributed by atoms with Crippen LogP contribution in [0.1, 0.15) is 81.7 Å². The van der Waals surface area contributed by atoms with Crippen LogP contribution >= 0.6 is 0 Å². The summed E-state index contributed by atoms with van der Waals surface area (Å²) in [5.74, 6) is -1.63. The summed E-state index contributed by atoms with van der Waals surface area (Å²) in [6.45, 7) is 5.04. The summed E-state index contributed by atoms with van der Waals surface area (Å²) in [5.41, 5.74) is 7.88. The highest BCUT2D eigenvalue weighted by Gasteiger charge is 2.29. The Morgan fingerprint density at radius 1 is 0.810 bits per heavy atom. The van der Waals surface area contributed by atoms with Crippen molar-refractivity contribution >= 4 is 17.7 Å². The SMILES string of the molecule is CCCN(CCC)C(=O)c1cc(C(N)=O)cc(C(=O)N[C@@H](Cc2ccccc2)[C@@H](O)[C@H](O)CCCc2ccccc2)c1. The van der Waals surface area contributed by atoms with Crippen molar-refractivity contribution < 1.29 is 24.6 Å². The van der Waals surface area contributed by atoms with Crippen LogP contribution in [0.25, 0.3) is 0 Å². The summed E-state index contributed by atoms with van der Waals surface area (Å²) in [7, 11) is 0.